The molecule has 6 heteroatoms. The quantitative estimate of drug-likeness (QED) is 0.735. The van der Waals surface area contributed by atoms with E-state index in [0.29, 0.717) is 0 Å². The maximum atomic E-state index is 13.0. The van der Waals surface area contributed by atoms with E-state index < -0.39 is 0 Å². The number of hydrogen-bond acceptors (Lipinski definition) is 5. The lowest BCUT2D eigenvalue weighted by Crippen LogP contribution is -2.46. The maximum absolute atomic E-state index is 13.0. The van der Waals surface area contributed by atoms with Crippen molar-refractivity contribution in [2.75, 3.05) is 31.1 Å². The van der Waals surface area contributed by atoms with Gasteiger partial charge in [0.1, 0.15) is 17.5 Å². The van der Waals surface area contributed by atoms with E-state index >= 15 is 0 Å². The van der Waals surface area contributed by atoms with Crippen molar-refractivity contribution in [1.82, 2.24) is 19.9 Å². The van der Waals surface area contributed by atoms with Gasteiger partial charge in [-0.25, -0.2) is 14.4 Å². The summed E-state index contributed by atoms with van der Waals surface area (Å²) >= 11 is 0. The Morgan fingerprint density at radius 3 is 2.52 bits per heavy atom. The second-order valence-corrected chi connectivity index (χ2v) is 6.38. The molecule has 0 unspecified atom stereocenters. The van der Waals surface area contributed by atoms with Crippen LogP contribution in [0.3, 0.4) is 0 Å². The largest absolute Gasteiger partial charge is 0.353 e. The Morgan fingerprint density at radius 2 is 1.76 bits per heavy atom. The lowest BCUT2D eigenvalue weighted by atomic mass is 10.2. The van der Waals surface area contributed by atoms with Gasteiger partial charge in [-0.2, -0.15) is 0 Å². The first-order chi connectivity index (χ1) is 12.2. The first-order valence-electron chi connectivity index (χ1n) is 8.49. The number of hydrogen-bond donors (Lipinski definition) is 0. The lowest BCUT2D eigenvalue weighted by Gasteiger charge is -2.35. The van der Waals surface area contributed by atoms with Crippen LogP contribution in [0.5, 0.6) is 0 Å². The number of pyridine rings is 1. The van der Waals surface area contributed by atoms with Crippen molar-refractivity contribution in [2.24, 2.45) is 0 Å². The highest BCUT2D eigenvalue weighted by molar-refractivity contribution is 5.88. The van der Waals surface area contributed by atoms with Crippen LogP contribution in [0.25, 0.3) is 10.9 Å². The minimum Gasteiger partial charge on any atom is -0.353 e. The van der Waals surface area contributed by atoms with Crippen molar-refractivity contribution in [2.45, 2.75) is 13.5 Å². The Morgan fingerprint density at radius 1 is 1.00 bits per heavy atom. The smallest absolute Gasteiger partial charge is 0.140 e. The fourth-order valence-electron chi connectivity index (χ4n) is 3.28. The Kier molecular flexibility index (Phi) is 4.28. The summed E-state index contributed by atoms with van der Waals surface area (Å²) in [6.45, 7) is 6.49. The SMILES string of the molecule is Cc1nc(N2CCN(Cc3ccc(F)cc3)CC2)c2ccncc2n1. The highest BCUT2D eigenvalue weighted by Gasteiger charge is 2.20. The van der Waals surface area contributed by atoms with Gasteiger partial charge >= 0.3 is 0 Å². The van der Waals surface area contributed by atoms with E-state index in [1.165, 1.54) is 12.1 Å². The van der Waals surface area contributed by atoms with Gasteiger partial charge < -0.3 is 4.90 Å². The van der Waals surface area contributed by atoms with Gasteiger partial charge in [0.2, 0.25) is 0 Å². The molecule has 0 amide bonds. The number of piperazine rings is 1. The molecule has 0 saturated carbocycles. The van der Waals surface area contributed by atoms with Crippen LogP contribution in [0.15, 0.2) is 42.7 Å². The fourth-order valence-corrected chi connectivity index (χ4v) is 3.28. The Labute approximate surface area is 146 Å². The molecule has 5 nitrogen and oxygen atoms in total. The minimum absolute atomic E-state index is 0.186. The van der Waals surface area contributed by atoms with Crippen LogP contribution in [-0.4, -0.2) is 46.0 Å². The van der Waals surface area contributed by atoms with E-state index in [1.807, 2.05) is 25.1 Å². The number of halogens is 1. The molecule has 3 heterocycles. The van der Waals surface area contributed by atoms with Gasteiger partial charge in [-0.05, 0) is 30.7 Å². The zero-order chi connectivity index (χ0) is 17.2. The molecular formula is C19H20FN5. The average molecular weight is 337 g/mol. The normalized spacial score (nSPS) is 15.7. The minimum atomic E-state index is -0.186. The molecule has 25 heavy (non-hydrogen) atoms. The van der Waals surface area contributed by atoms with Crippen molar-refractivity contribution in [1.29, 1.82) is 0 Å². The Hall–Kier alpha value is -2.60. The number of nitrogens with zero attached hydrogens (tertiary/aromatic N) is 5. The summed E-state index contributed by atoms with van der Waals surface area (Å²) in [5.41, 5.74) is 2.03. The third kappa shape index (κ3) is 3.44. The molecule has 1 aliphatic heterocycles. The molecule has 0 atom stereocenters. The molecule has 0 aliphatic carbocycles. The Bertz CT molecular complexity index is 873. The number of anilines is 1. The van der Waals surface area contributed by atoms with Crippen molar-refractivity contribution in [3.63, 3.8) is 0 Å². The maximum Gasteiger partial charge on any atom is 0.140 e. The molecule has 3 aromatic rings. The fraction of sp³-hybridized carbons (Fsp3) is 0.316. The number of aromatic nitrogens is 3. The second kappa shape index (κ2) is 6.72. The number of aryl methyl sites for hydroxylation is 1. The van der Waals surface area contributed by atoms with E-state index in [-0.39, 0.29) is 5.82 Å². The molecule has 1 aromatic carbocycles. The third-order valence-corrected chi connectivity index (χ3v) is 4.58. The summed E-state index contributed by atoms with van der Waals surface area (Å²) in [4.78, 5) is 18.0. The van der Waals surface area contributed by atoms with Crippen LogP contribution in [0, 0.1) is 12.7 Å². The van der Waals surface area contributed by atoms with E-state index in [0.717, 1.165) is 60.8 Å². The van der Waals surface area contributed by atoms with Crippen LogP contribution in [0.4, 0.5) is 10.2 Å². The highest BCUT2D eigenvalue weighted by Crippen LogP contribution is 2.24. The number of fused-ring (bicyclic) bond motifs is 1. The van der Waals surface area contributed by atoms with Gasteiger partial charge in [-0.15, -0.1) is 0 Å². The molecule has 128 valence electrons. The van der Waals surface area contributed by atoms with Gasteiger partial charge in [0.05, 0.1) is 11.7 Å². The summed E-state index contributed by atoms with van der Waals surface area (Å²) < 4.78 is 13.0. The van der Waals surface area contributed by atoms with Crippen LogP contribution < -0.4 is 4.90 Å². The van der Waals surface area contributed by atoms with Crippen LogP contribution in [0.2, 0.25) is 0 Å². The first-order valence-corrected chi connectivity index (χ1v) is 8.49. The number of benzene rings is 1. The molecule has 2 aromatic heterocycles. The van der Waals surface area contributed by atoms with E-state index in [4.69, 9.17) is 0 Å². The average Bonchev–Trinajstić information content (AvgIpc) is 2.63. The molecule has 0 bridgehead atoms. The van der Waals surface area contributed by atoms with Gasteiger partial charge in [-0.1, -0.05) is 12.1 Å². The molecule has 1 fully saturated rings. The monoisotopic (exact) mass is 337 g/mol. The zero-order valence-corrected chi connectivity index (χ0v) is 14.2. The zero-order valence-electron chi connectivity index (χ0n) is 14.2. The predicted molar refractivity (Wildman–Crippen MR) is 96.0 cm³/mol. The van der Waals surface area contributed by atoms with Gasteiger partial charge in [-0.3, -0.25) is 9.88 Å². The second-order valence-electron chi connectivity index (χ2n) is 6.38. The summed E-state index contributed by atoms with van der Waals surface area (Å²) in [6, 6.07) is 8.74. The van der Waals surface area contributed by atoms with Crippen molar-refractivity contribution in [3.8, 4) is 0 Å². The first kappa shape index (κ1) is 15.9. The van der Waals surface area contributed by atoms with Crippen LogP contribution >= 0.6 is 0 Å². The summed E-state index contributed by atoms with van der Waals surface area (Å²) in [5.74, 6) is 1.57. The summed E-state index contributed by atoms with van der Waals surface area (Å²) in [7, 11) is 0. The molecule has 4 rings (SSSR count). The third-order valence-electron chi connectivity index (χ3n) is 4.58. The molecule has 0 radical (unpaired) electrons. The topological polar surface area (TPSA) is 45.2 Å². The standard InChI is InChI=1S/C19H20FN5/c1-14-22-18-12-21-7-6-17(18)19(23-14)25-10-8-24(9-11-25)13-15-2-4-16(20)5-3-15/h2-7,12H,8-11,13H2,1H3. The number of rotatable bonds is 3. The predicted octanol–water partition coefficient (Wildman–Crippen LogP) is 2.79. The van der Waals surface area contributed by atoms with Gasteiger partial charge in [0.25, 0.3) is 0 Å². The van der Waals surface area contributed by atoms with Crippen molar-refractivity contribution in [3.05, 3.63) is 59.9 Å². The summed E-state index contributed by atoms with van der Waals surface area (Å²) in [6.07, 6.45) is 3.58. The van der Waals surface area contributed by atoms with Crippen LogP contribution in [0.1, 0.15) is 11.4 Å². The summed E-state index contributed by atoms with van der Waals surface area (Å²) in [5, 5.41) is 1.05. The highest BCUT2D eigenvalue weighted by atomic mass is 19.1. The van der Waals surface area contributed by atoms with Crippen LogP contribution in [-0.2, 0) is 6.54 Å². The molecule has 0 N–H and O–H groups in total. The Balaban J connectivity index is 1.48. The van der Waals surface area contributed by atoms with E-state index in [9.17, 15) is 4.39 Å². The van der Waals surface area contributed by atoms with Gasteiger partial charge in [0, 0.05) is 44.3 Å². The van der Waals surface area contributed by atoms with Crippen molar-refractivity contribution < 1.29 is 4.39 Å². The lowest BCUT2D eigenvalue weighted by molar-refractivity contribution is 0.249. The molecule has 0 spiro atoms. The molecular weight excluding hydrogens is 317 g/mol. The van der Waals surface area contributed by atoms with E-state index in [1.54, 1.807) is 12.4 Å². The van der Waals surface area contributed by atoms with E-state index in [2.05, 4.69) is 24.8 Å². The van der Waals surface area contributed by atoms with Crippen molar-refractivity contribution >= 4 is 16.7 Å². The molecule has 1 saturated heterocycles. The van der Waals surface area contributed by atoms with Gasteiger partial charge in [0.15, 0.2) is 0 Å². The molecule has 1 aliphatic rings.